The minimum atomic E-state index is 0.832. The zero-order chi connectivity index (χ0) is 22.5. The van der Waals surface area contributed by atoms with Gasteiger partial charge in [-0.1, -0.05) is 41.4 Å². The van der Waals surface area contributed by atoms with E-state index in [9.17, 15) is 0 Å². The van der Waals surface area contributed by atoms with Gasteiger partial charge in [0.25, 0.3) is 0 Å². The first-order valence-corrected chi connectivity index (χ1v) is 11.6. The molecule has 0 unspecified atom stereocenters. The molecule has 164 valence electrons. The van der Waals surface area contributed by atoms with Crippen molar-refractivity contribution < 1.29 is 9.47 Å². The summed E-state index contributed by atoms with van der Waals surface area (Å²) in [5, 5.41) is 0. The van der Waals surface area contributed by atoms with Gasteiger partial charge in [-0.25, -0.2) is 4.98 Å². The average molecular weight is 491 g/mol. The Morgan fingerprint density at radius 1 is 0.750 bits per heavy atom. The van der Waals surface area contributed by atoms with E-state index in [4.69, 9.17) is 14.5 Å². The van der Waals surface area contributed by atoms with Crippen molar-refractivity contribution in [3.05, 3.63) is 77.3 Å². The lowest BCUT2D eigenvalue weighted by Gasteiger charge is -2.14. The normalized spacial score (nSPS) is 10.9. The van der Waals surface area contributed by atoms with Crippen molar-refractivity contribution in [3.8, 4) is 45.4 Å². The lowest BCUT2D eigenvalue weighted by molar-refractivity contribution is 0.414. The summed E-state index contributed by atoms with van der Waals surface area (Å²) in [5.41, 5.74) is 5.35. The summed E-state index contributed by atoms with van der Waals surface area (Å²) in [5.74, 6) is 2.65. The van der Waals surface area contributed by atoms with Crippen LogP contribution < -0.4 is 9.47 Å². The molecule has 0 saturated heterocycles. The number of aromatic nitrogens is 2. The number of nitrogens with zero attached hydrogens (tertiary/aromatic N) is 2. The van der Waals surface area contributed by atoms with E-state index in [-0.39, 0.29) is 0 Å². The molecule has 32 heavy (non-hydrogen) atoms. The van der Waals surface area contributed by atoms with E-state index in [1.165, 1.54) is 0 Å². The molecule has 0 aliphatic heterocycles. The highest BCUT2D eigenvalue weighted by atomic mass is 79.9. The Labute approximate surface area is 198 Å². The maximum absolute atomic E-state index is 5.39. The average Bonchev–Trinajstić information content (AvgIpc) is 3.22. The lowest BCUT2D eigenvalue weighted by atomic mass is 10.0. The molecule has 0 aliphatic rings. The minimum absolute atomic E-state index is 0.832. The summed E-state index contributed by atoms with van der Waals surface area (Å²) < 4.78 is 14.2. The van der Waals surface area contributed by atoms with Gasteiger partial charge in [0.2, 0.25) is 0 Å². The molecule has 4 nitrogen and oxygen atoms in total. The summed E-state index contributed by atoms with van der Waals surface area (Å²) in [4.78, 5) is 5.18. The van der Waals surface area contributed by atoms with E-state index in [1.54, 1.807) is 14.2 Å². The molecule has 0 atom stereocenters. The van der Waals surface area contributed by atoms with E-state index < -0.39 is 0 Å². The standard InChI is InChI=1S/C27H27BrN2O2/c1-4-5-18-30-26(20-10-16-24(32-3)17-11-20)25(19-8-14-23(31-2)15-9-19)29-27(30)21-6-12-22(28)13-7-21/h6-17H,4-5,18H2,1-3H3. The van der Waals surface area contributed by atoms with Gasteiger partial charge in [0.15, 0.2) is 0 Å². The Morgan fingerprint density at radius 2 is 1.28 bits per heavy atom. The zero-order valence-electron chi connectivity index (χ0n) is 18.6. The van der Waals surface area contributed by atoms with E-state index >= 15 is 0 Å². The van der Waals surface area contributed by atoms with Crippen LogP contribution in [0.1, 0.15) is 19.8 Å². The van der Waals surface area contributed by atoms with Crippen molar-refractivity contribution in [2.24, 2.45) is 0 Å². The van der Waals surface area contributed by atoms with E-state index in [0.29, 0.717) is 0 Å². The van der Waals surface area contributed by atoms with Crippen molar-refractivity contribution in [1.82, 2.24) is 9.55 Å². The van der Waals surface area contributed by atoms with Crippen LogP contribution in [0, 0.1) is 0 Å². The number of methoxy groups -OCH3 is 2. The molecule has 0 bridgehead atoms. The van der Waals surface area contributed by atoms with Gasteiger partial charge in [-0.15, -0.1) is 0 Å². The van der Waals surface area contributed by atoms with Gasteiger partial charge in [-0.2, -0.15) is 0 Å². The molecule has 5 heteroatoms. The fourth-order valence-corrected chi connectivity index (χ4v) is 4.06. The number of hydrogen-bond acceptors (Lipinski definition) is 3. The molecule has 3 aromatic carbocycles. The molecule has 4 aromatic rings. The first-order chi connectivity index (χ1) is 15.6. The summed E-state index contributed by atoms with van der Waals surface area (Å²) >= 11 is 3.55. The van der Waals surface area contributed by atoms with Crippen LogP contribution in [-0.2, 0) is 6.54 Å². The quantitative estimate of drug-likeness (QED) is 0.257. The summed E-state index contributed by atoms with van der Waals surface area (Å²) in [7, 11) is 3.37. The highest BCUT2D eigenvalue weighted by Crippen LogP contribution is 2.38. The van der Waals surface area contributed by atoms with Crippen LogP contribution in [0.3, 0.4) is 0 Å². The third kappa shape index (κ3) is 4.58. The Balaban J connectivity index is 1.95. The Morgan fingerprint density at radius 3 is 1.81 bits per heavy atom. The van der Waals surface area contributed by atoms with E-state index in [0.717, 1.165) is 69.3 Å². The van der Waals surface area contributed by atoms with E-state index in [2.05, 4.69) is 76.0 Å². The predicted octanol–water partition coefficient (Wildman–Crippen LogP) is 7.46. The van der Waals surface area contributed by atoms with Crippen LogP contribution in [-0.4, -0.2) is 23.8 Å². The van der Waals surface area contributed by atoms with Gasteiger partial charge >= 0.3 is 0 Å². The molecule has 0 N–H and O–H groups in total. The van der Waals surface area contributed by atoms with Crippen molar-refractivity contribution in [3.63, 3.8) is 0 Å². The maximum Gasteiger partial charge on any atom is 0.141 e. The topological polar surface area (TPSA) is 36.3 Å². The van der Waals surface area contributed by atoms with Crippen LogP contribution >= 0.6 is 15.9 Å². The molecule has 4 rings (SSSR count). The first kappa shape index (κ1) is 22.2. The fraction of sp³-hybridized carbons (Fsp3) is 0.222. The highest BCUT2D eigenvalue weighted by molar-refractivity contribution is 9.10. The van der Waals surface area contributed by atoms with Gasteiger partial charge in [0.1, 0.15) is 17.3 Å². The van der Waals surface area contributed by atoms with Gasteiger partial charge in [-0.3, -0.25) is 0 Å². The lowest BCUT2D eigenvalue weighted by Crippen LogP contribution is -2.03. The van der Waals surface area contributed by atoms with Crippen LogP contribution in [0.25, 0.3) is 33.9 Å². The molecular formula is C27H27BrN2O2. The zero-order valence-corrected chi connectivity index (χ0v) is 20.2. The Kier molecular flexibility index (Phi) is 6.96. The number of benzene rings is 3. The van der Waals surface area contributed by atoms with Crippen molar-refractivity contribution in [1.29, 1.82) is 0 Å². The minimum Gasteiger partial charge on any atom is -0.497 e. The summed E-state index contributed by atoms with van der Waals surface area (Å²) in [6.07, 6.45) is 2.18. The fourth-order valence-electron chi connectivity index (χ4n) is 3.80. The molecule has 1 heterocycles. The third-order valence-corrected chi connectivity index (χ3v) is 6.06. The Hall–Kier alpha value is -3.05. The summed E-state index contributed by atoms with van der Waals surface area (Å²) in [6, 6.07) is 24.7. The van der Waals surface area contributed by atoms with Crippen LogP contribution in [0.15, 0.2) is 77.3 Å². The monoisotopic (exact) mass is 490 g/mol. The van der Waals surface area contributed by atoms with Gasteiger partial charge < -0.3 is 14.0 Å². The number of ether oxygens (including phenoxy) is 2. The molecule has 0 fully saturated rings. The number of rotatable bonds is 8. The molecule has 0 saturated carbocycles. The summed E-state index contributed by atoms with van der Waals surface area (Å²) in [6.45, 7) is 3.11. The number of unbranched alkanes of at least 4 members (excludes halogenated alkanes) is 1. The second-order valence-corrected chi connectivity index (χ2v) is 8.52. The largest absolute Gasteiger partial charge is 0.497 e. The number of hydrogen-bond donors (Lipinski definition) is 0. The van der Waals surface area contributed by atoms with E-state index in [1.807, 2.05) is 24.3 Å². The highest BCUT2D eigenvalue weighted by Gasteiger charge is 2.21. The number of halogens is 1. The predicted molar refractivity (Wildman–Crippen MR) is 134 cm³/mol. The molecule has 0 spiro atoms. The van der Waals surface area contributed by atoms with Crippen molar-refractivity contribution >= 4 is 15.9 Å². The van der Waals surface area contributed by atoms with Crippen molar-refractivity contribution in [2.45, 2.75) is 26.3 Å². The second-order valence-electron chi connectivity index (χ2n) is 7.60. The van der Waals surface area contributed by atoms with Crippen LogP contribution in [0.5, 0.6) is 11.5 Å². The molecular weight excluding hydrogens is 464 g/mol. The van der Waals surface area contributed by atoms with Crippen LogP contribution in [0.4, 0.5) is 0 Å². The third-order valence-electron chi connectivity index (χ3n) is 5.53. The van der Waals surface area contributed by atoms with Gasteiger partial charge in [0, 0.05) is 27.7 Å². The molecule has 0 radical (unpaired) electrons. The van der Waals surface area contributed by atoms with Crippen molar-refractivity contribution in [2.75, 3.05) is 14.2 Å². The smallest absolute Gasteiger partial charge is 0.141 e. The van der Waals surface area contributed by atoms with Crippen LogP contribution in [0.2, 0.25) is 0 Å². The van der Waals surface area contributed by atoms with Gasteiger partial charge in [-0.05, 0) is 67.1 Å². The van der Waals surface area contributed by atoms with Gasteiger partial charge in [0.05, 0.1) is 25.6 Å². The second kappa shape index (κ2) is 10.0. The molecule has 0 aliphatic carbocycles. The molecule has 1 aromatic heterocycles. The SMILES string of the molecule is CCCCn1c(-c2ccc(Br)cc2)nc(-c2ccc(OC)cc2)c1-c1ccc(OC)cc1. The number of imidazole rings is 1. The molecule has 0 amide bonds. The first-order valence-electron chi connectivity index (χ1n) is 10.8. The Bertz CT molecular complexity index is 1160. The maximum atomic E-state index is 5.39.